The molecule has 27 heavy (non-hydrogen) atoms. The summed E-state index contributed by atoms with van der Waals surface area (Å²) in [4.78, 5) is 32.8. The van der Waals surface area contributed by atoms with Gasteiger partial charge in [0.15, 0.2) is 5.13 Å². The molecule has 1 aromatic heterocycles. The molecule has 6 nitrogen and oxygen atoms in total. The van der Waals surface area contributed by atoms with Gasteiger partial charge in [0, 0.05) is 30.8 Å². The molecule has 0 saturated heterocycles. The molecule has 2 aromatic rings. The smallest absolute Gasteiger partial charge is 0.254 e. The lowest BCUT2D eigenvalue weighted by Crippen LogP contribution is -2.60. The second-order valence-electron chi connectivity index (χ2n) is 7.11. The standard InChI is InChI=1S/C20H23N3O3S/c1-26-12-11-23-18(25)15-7-3-2-6-14(15)16(20(23)8-4-5-9-20)17(24)22-19-21-10-13-27-19/h2-3,6-7,10,13,16H,4-5,8-9,11-12H2,1H3,(H,21,22,24)/t16-/m0/s1. The van der Waals surface area contributed by atoms with Crippen LogP contribution in [0.1, 0.15) is 47.5 Å². The van der Waals surface area contributed by atoms with Crippen LogP contribution >= 0.6 is 11.3 Å². The van der Waals surface area contributed by atoms with Crippen molar-refractivity contribution < 1.29 is 14.3 Å². The van der Waals surface area contributed by atoms with Crippen LogP contribution in [0.4, 0.5) is 5.13 Å². The average molecular weight is 385 g/mol. The minimum Gasteiger partial charge on any atom is -0.383 e. The summed E-state index contributed by atoms with van der Waals surface area (Å²) in [5.41, 5.74) is 0.947. The lowest BCUT2D eigenvalue weighted by molar-refractivity contribution is -0.121. The van der Waals surface area contributed by atoms with Crippen LogP contribution in [-0.4, -0.2) is 47.5 Å². The van der Waals surface area contributed by atoms with Crippen LogP contribution in [0.25, 0.3) is 0 Å². The number of benzene rings is 1. The Morgan fingerprint density at radius 2 is 2.15 bits per heavy atom. The van der Waals surface area contributed by atoms with Gasteiger partial charge in [-0.2, -0.15) is 0 Å². The number of hydrogen-bond acceptors (Lipinski definition) is 5. The molecule has 2 heterocycles. The lowest BCUT2D eigenvalue weighted by Gasteiger charge is -2.50. The number of thiazole rings is 1. The van der Waals surface area contributed by atoms with E-state index in [-0.39, 0.29) is 11.8 Å². The Hall–Kier alpha value is -2.25. The van der Waals surface area contributed by atoms with E-state index in [0.717, 1.165) is 31.2 Å². The number of carbonyl (C=O) groups excluding carboxylic acids is 2. The van der Waals surface area contributed by atoms with E-state index in [9.17, 15) is 9.59 Å². The Kier molecular flexibility index (Phi) is 4.97. The van der Waals surface area contributed by atoms with Gasteiger partial charge in [0.1, 0.15) is 0 Å². The van der Waals surface area contributed by atoms with Gasteiger partial charge in [0.25, 0.3) is 5.91 Å². The minimum absolute atomic E-state index is 0.00264. The molecule has 1 N–H and O–H groups in total. The van der Waals surface area contributed by atoms with Crippen LogP contribution in [0.2, 0.25) is 0 Å². The van der Waals surface area contributed by atoms with Gasteiger partial charge in [0.2, 0.25) is 5.91 Å². The summed E-state index contributed by atoms with van der Waals surface area (Å²) in [6.07, 6.45) is 5.36. The third kappa shape index (κ3) is 3.04. The van der Waals surface area contributed by atoms with E-state index in [2.05, 4.69) is 10.3 Å². The van der Waals surface area contributed by atoms with Crippen molar-refractivity contribution in [1.82, 2.24) is 9.88 Å². The van der Waals surface area contributed by atoms with Crippen LogP contribution < -0.4 is 5.32 Å². The average Bonchev–Trinajstić information content (AvgIpc) is 3.35. The van der Waals surface area contributed by atoms with Crippen molar-refractivity contribution in [3.63, 3.8) is 0 Å². The van der Waals surface area contributed by atoms with Crippen LogP contribution in [0.3, 0.4) is 0 Å². The Labute approximate surface area is 162 Å². The first-order chi connectivity index (χ1) is 13.2. The van der Waals surface area contributed by atoms with E-state index in [1.165, 1.54) is 11.3 Å². The highest BCUT2D eigenvalue weighted by Crippen LogP contribution is 2.50. The monoisotopic (exact) mass is 385 g/mol. The largest absolute Gasteiger partial charge is 0.383 e. The van der Waals surface area contributed by atoms with Gasteiger partial charge < -0.3 is 15.0 Å². The van der Waals surface area contributed by atoms with Gasteiger partial charge in [-0.25, -0.2) is 4.98 Å². The Balaban J connectivity index is 1.80. The predicted molar refractivity (Wildman–Crippen MR) is 104 cm³/mol. The zero-order valence-electron chi connectivity index (χ0n) is 15.3. The zero-order valence-corrected chi connectivity index (χ0v) is 16.1. The van der Waals surface area contributed by atoms with Crippen LogP contribution in [0.5, 0.6) is 0 Å². The van der Waals surface area contributed by atoms with Crippen molar-refractivity contribution in [2.75, 3.05) is 25.6 Å². The van der Waals surface area contributed by atoms with Gasteiger partial charge in [-0.15, -0.1) is 11.3 Å². The normalized spacial score (nSPS) is 20.7. The third-order valence-electron chi connectivity index (χ3n) is 5.74. The van der Waals surface area contributed by atoms with E-state index in [1.807, 2.05) is 34.5 Å². The third-order valence-corrected chi connectivity index (χ3v) is 6.42. The molecule has 7 heteroatoms. The second kappa shape index (κ2) is 7.40. The van der Waals surface area contributed by atoms with Crippen LogP contribution in [0, 0.1) is 0 Å². The van der Waals surface area contributed by atoms with E-state index in [4.69, 9.17) is 4.74 Å². The Bertz CT molecular complexity index is 831. The molecule has 1 saturated carbocycles. The highest BCUT2D eigenvalue weighted by molar-refractivity contribution is 7.13. The second-order valence-corrected chi connectivity index (χ2v) is 8.00. The number of rotatable bonds is 5. The van der Waals surface area contributed by atoms with E-state index >= 15 is 0 Å². The van der Waals surface area contributed by atoms with E-state index in [0.29, 0.717) is 23.8 Å². The number of ether oxygens (including phenoxy) is 1. The molecule has 0 bridgehead atoms. The number of nitrogens with zero attached hydrogens (tertiary/aromatic N) is 2. The summed E-state index contributed by atoms with van der Waals surface area (Å²) in [6, 6.07) is 7.51. The SMILES string of the molecule is COCCN1C(=O)c2ccccc2[C@@H](C(=O)Nc2nccs2)C12CCCC2. The van der Waals surface area contributed by atoms with Gasteiger partial charge in [-0.05, 0) is 24.5 Å². The first kappa shape index (κ1) is 18.1. The molecule has 1 fully saturated rings. The summed E-state index contributed by atoms with van der Waals surface area (Å²) in [5, 5.41) is 5.40. The number of hydrogen-bond donors (Lipinski definition) is 1. The Morgan fingerprint density at radius 3 is 2.85 bits per heavy atom. The number of methoxy groups -OCH3 is 1. The number of carbonyl (C=O) groups is 2. The van der Waals surface area contributed by atoms with Crippen molar-refractivity contribution in [3.05, 3.63) is 47.0 Å². The molecule has 1 aromatic carbocycles. The number of anilines is 1. The molecular formula is C20H23N3O3S. The maximum absolute atomic E-state index is 13.4. The summed E-state index contributed by atoms with van der Waals surface area (Å²) in [5.74, 6) is -0.494. The summed E-state index contributed by atoms with van der Waals surface area (Å²) in [7, 11) is 1.64. The molecule has 0 radical (unpaired) electrons. The van der Waals surface area contributed by atoms with Crippen molar-refractivity contribution in [1.29, 1.82) is 0 Å². The molecule has 1 spiro atoms. The lowest BCUT2D eigenvalue weighted by atomic mass is 9.71. The number of amides is 2. The van der Waals surface area contributed by atoms with Gasteiger partial charge in [-0.3, -0.25) is 9.59 Å². The summed E-state index contributed by atoms with van der Waals surface area (Å²) in [6.45, 7) is 0.946. The fourth-order valence-electron chi connectivity index (χ4n) is 4.64. The molecule has 2 aliphatic rings. The van der Waals surface area contributed by atoms with E-state index in [1.54, 1.807) is 13.3 Å². The highest BCUT2D eigenvalue weighted by Gasteiger charge is 2.55. The van der Waals surface area contributed by atoms with Crippen molar-refractivity contribution in [3.8, 4) is 0 Å². The molecule has 4 rings (SSSR count). The highest BCUT2D eigenvalue weighted by atomic mass is 32.1. The van der Waals surface area contributed by atoms with Gasteiger partial charge in [0.05, 0.1) is 18.1 Å². The maximum Gasteiger partial charge on any atom is 0.254 e. The quantitative estimate of drug-likeness (QED) is 0.857. The number of fused-ring (bicyclic) bond motifs is 1. The van der Waals surface area contributed by atoms with Gasteiger partial charge >= 0.3 is 0 Å². The van der Waals surface area contributed by atoms with E-state index < -0.39 is 11.5 Å². The first-order valence-electron chi connectivity index (χ1n) is 9.27. The molecule has 1 atom stereocenters. The Morgan fingerprint density at radius 1 is 1.37 bits per heavy atom. The minimum atomic E-state index is -0.495. The molecule has 142 valence electrons. The molecule has 2 amide bonds. The molecule has 0 unspecified atom stereocenters. The number of nitrogens with one attached hydrogen (secondary N) is 1. The van der Waals surface area contributed by atoms with Crippen molar-refractivity contribution in [2.24, 2.45) is 0 Å². The maximum atomic E-state index is 13.4. The molecule has 1 aliphatic carbocycles. The summed E-state index contributed by atoms with van der Waals surface area (Å²) >= 11 is 1.40. The molecule has 1 aliphatic heterocycles. The fraction of sp³-hybridized carbons (Fsp3) is 0.450. The zero-order chi connectivity index (χ0) is 18.9. The van der Waals surface area contributed by atoms with Gasteiger partial charge in [-0.1, -0.05) is 31.0 Å². The topological polar surface area (TPSA) is 71.5 Å². The first-order valence-corrected chi connectivity index (χ1v) is 10.2. The summed E-state index contributed by atoms with van der Waals surface area (Å²) < 4.78 is 5.26. The van der Waals surface area contributed by atoms with Crippen molar-refractivity contribution >= 4 is 28.3 Å². The molecular weight excluding hydrogens is 362 g/mol. The van der Waals surface area contributed by atoms with Crippen LogP contribution in [-0.2, 0) is 9.53 Å². The predicted octanol–water partition coefficient (Wildman–Crippen LogP) is 3.28. The number of aromatic nitrogens is 1. The fourth-order valence-corrected chi connectivity index (χ4v) is 5.17. The van der Waals surface area contributed by atoms with Crippen molar-refractivity contribution in [2.45, 2.75) is 37.1 Å². The van der Waals surface area contributed by atoms with Crippen LogP contribution in [0.15, 0.2) is 35.8 Å².